The average molecular weight is 357 g/mol. The number of esters is 1. The van der Waals surface area contributed by atoms with Crippen LogP contribution in [0.3, 0.4) is 0 Å². The summed E-state index contributed by atoms with van der Waals surface area (Å²) in [4.78, 5) is 11.1. The smallest absolute Gasteiger partial charge is 0.393 e. The maximum absolute atomic E-state index is 12.8. The van der Waals surface area contributed by atoms with Gasteiger partial charge in [0.25, 0.3) is 0 Å². The minimum absolute atomic E-state index is 0.00533. The van der Waals surface area contributed by atoms with E-state index in [0.717, 1.165) is 22.8 Å². The minimum atomic E-state index is -4.44. The molecule has 10 heteroatoms. The molecule has 0 N–H and O–H groups in total. The second-order valence-electron chi connectivity index (χ2n) is 4.85. The van der Waals surface area contributed by atoms with Gasteiger partial charge in [0, 0.05) is 13.1 Å². The van der Waals surface area contributed by atoms with Gasteiger partial charge < -0.3 is 4.74 Å². The number of thiophene rings is 1. The third-order valence-corrected chi connectivity index (χ3v) is 6.40. The normalized spacial score (nSPS) is 20.8. The van der Waals surface area contributed by atoms with Crippen molar-refractivity contribution in [2.24, 2.45) is 5.92 Å². The summed E-state index contributed by atoms with van der Waals surface area (Å²) >= 11 is 0.877. The molecule has 5 nitrogen and oxygen atoms in total. The van der Waals surface area contributed by atoms with Gasteiger partial charge in [-0.3, -0.25) is 0 Å². The van der Waals surface area contributed by atoms with E-state index in [9.17, 15) is 26.4 Å². The monoisotopic (exact) mass is 357 g/mol. The Kier molecular flexibility index (Phi) is 4.83. The molecule has 0 radical (unpaired) electrons. The Labute approximate surface area is 129 Å². The zero-order valence-corrected chi connectivity index (χ0v) is 13.2. The number of hydrogen-bond donors (Lipinski definition) is 0. The lowest BCUT2D eigenvalue weighted by molar-refractivity contribution is -0.182. The van der Waals surface area contributed by atoms with Crippen LogP contribution in [0.4, 0.5) is 13.2 Å². The molecule has 1 aromatic rings. The lowest BCUT2D eigenvalue weighted by Gasteiger charge is -2.32. The van der Waals surface area contributed by atoms with Crippen molar-refractivity contribution in [1.82, 2.24) is 4.31 Å². The van der Waals surface area contributed by atoms with E-state index in [1.54, 1.807) is 0 Å². The van der Waals surface area contributed by atoms with E-state index in [4.69, 9.17) is 0 Å². The number of carbonyl (C=O) groups is 1. The highest BCUT2D eigenvalue weighted by molar-refractivity contribution is 7.89. The van der Waals surface area contributed by atoms with E-state index in [0.29, 0.717) is 0 Å². The molecule has 1 aliphatic heterocycles. The van der Waals surface area contributed by atoms with Gasteiger partial charge in [0.2, 0.25) is 10.0 Å². The standard InChI is InChI=1S/C12H14F3NO4S2/c1-20-11(17)10-9(4-6-21-10)22(18,19)16-5-2-3-8(7-16)12(13,14)15/h4,6,8H,2-3,5,7H2,1H3/t8-/m0/s1. The second kappa shape index (κ2) is 6.17. The Morgan fingerprint density at radius 1 is 1.45 bits per heavy atom. The van der Waals surface area contributed by atoms with E-state index in [2.05, 4.69) is 4.74 Å². The summed E-state index contributed by atoms with van der Waals surface area (Å²) in [5.41, 5.74) is 0. The Hall–Kier alpha value is -1.13. The Balaban J connectivity index is 2.31. The number of piperidine rings is 1. The highest BCUT2D eigenvalue weighted by atomic mass is 32.2. The van der Waals surface area contributed by atoms with Gasteiger partial charge in [-0.2, -0.15) is 17.5 Å². The van der Waals surface area contributed by atoms with Crippen molar-refractivity contribution in [2.45, 2.75) is 23.9 Å². The highest BCUT2D eigenvalue weighted by Crippen LogP contribution is 2.36. The first kappa shape index (κ1) is 17.2. The van der Waals surface area contributed by atoms with E-state index in [-0.39, 0.29) is 29.2 Å². The molecule has 2 rings (SSSR count). The van der Waals surface area contributed by atoms with E-state index < -0.39 is 34.6 Å². The Bertz CT molecular complexity index is 654. The number of rotatable bonds is 3. The fraction of sp³-hybridized carbons (Fsp3) is 0.583. The number of sulfonamides is 1. The molecule has 1 saturated heterocycles. The number of hydrogen-bond acceptors (Lipinski definition) is 5. The van der Waals surface area contributed by atoms with Gasteiger partial charge >= 0.3 is 12.1 Å². The molecule has 0 saturated carbocycles. The topological polar surface area (TPSA) is 63.7 Å². The summed E-state index contributed by atoms with van der Waals surface area (Å²) in [7, 11) is -3.04. The third-order valence-electron chi connectivity index (χ3n) is 3.46. The van der Waals surface area contributed by atoms with Crippen LogP contribution in [-0.4, -0.2) is 45.1 Å². The van der Waals surface area contributed by atoms with Crippen LogP contribution in [0.5, 0.6) is 0 Å². The molecule has 2 heterocycles. The maximum Gasteiger partial charge on any atom is 0.393 e. The number of halogens is 3. The zero-order valence-electron chi connectivity index (χ0n) is 11.6. The predicted molar refractivity (Wildman–Crippen MR) is 73.2 cm³/mol. The van der Waals surface area contributed by atoms with Gasteiger partial charge in [-0.1, -0.05) is 0 Å². The second-order valence-corrected chi connectivity index (χ2v) is 7.67. The van der Waals surface area contributed by atoms with Crippen LogP contribution in [0.1, 0.15) is 22.5 Å². The van der Waals surface area contributed by atoms with Gasteiger partial charge in [-0.25, -0.2) is 13.2 Å². The molecule has 1 aliphatic rings. The van der Waals surface area contributed by atoms with E-state index in [1.807, 2.05) is 0 Å². The number of carbonyl (C=O) groups excluding carboxylic acids is 1. The fourth-order valence-electron chi connectivity index (χ4n) is 2.31. The average Bonchev–Trinajstić information content (AvgIpc) is 2.96. The molecule has 0 unspecified atom stereocenters. The molecule has 0 spiro atoms. The summed E-state index contributed by atoms with van der Waals surface area (Å²) in [5, 5.41) is 1.39. The quantitative estimate of drug-likeness (QED) is 0.780. The zero-order chi connectivity index (χ0) is 16.5. The van der Waals surface area contributed by atoms with Gasteiger partial charge in [0.05, 0.1) is 13.0 Å². The van der Waals surface area contributed by atoms with Gasteiger partial charge in [-0.05, 0) is 24.3 Å². The summed E-state index contributed by atoms with van der Waals surface area (Å²) in [6.07, 6.45) is -4.40. The summed E-state index contributed by atoms with van der Waals surface area (Å²) in [5.74, 6) is -2.51. The lowest BCUT2D eigenvalue weighted by Crippen LogP contribution is -2.44. The van der Waals surface area contributed by atoms with Crippen molar-refractivity contribution < 1.29 is 31.1 Å². The first-order valence-corrected chi connectivity index (χ1v) is 8.72. The molecular formula is C12H14F3NO4S2. The molecule has 0 aliphatic carbocycles. The molecule has 1 aromatic heterocycles. The van der Waals surface area contributed by atoms with E-state index in [1.165, 1.54) is 11.4 Å². The van der Waals surface area contributed by atoms with E-state index >= 15 is 0 Å². The molecule has 0 amide bonds. The van der Waals surface area contributed by atoms with Crippen LogP contribution in [0.2, 0.25) is 0 Å². The van der Waals surface area contributed by atoms with Crippen LogP contribution in [-0.2, 0) is 14.8 Å². The SMILES string of the molecule is COC(=O)c1sccc1S(=O)(=O)N1CCC[C@H](C(F)(F)F)C1. The minimum Gasteiger partial charge on any atom is -0.465 e. The molecular weight excluding hydrogens is 343 g/mol. The summed E-state index contributed by atoms with van der Waals surface area (Å²) in [6.45, 7) is -0.617. The van der Waals surface area contributed by atoms with Crippen molar-refractivity contribution in [2.75, 3.05) is 20.2 Å². The van der Waals surface area contributed by atoms with Crippen LogP contribution in [0, 0.1) is 5.92 Å². The summed E-state index contributed by atoms with van der Waals surface area (Å²) in [6, 6.07) is 1.21. The number of alkyl halides is 3. The van der Waals surface area contributed by atoms with Crippen LogP contribution in [0.15, 0.2) is 16.3 Å². The Morgan fingerprint density at radius 3 is 2.73 bits per heavy atom. The van der Waals surface area contributed by atoms with Crippen LogP contribution in [0.25, 0.3) is 0 Å². The molecule has 1 fully saturated rings. The van der Waals surface area contributed by atoms with Gasteiger partial charge in [-0.15, -0.1) is 11.3 Å². The van der Waals surface area contributed by atoms with Crippen molar-refractivity contribution >= 4 is 27.3 Å². The predicted octanol–water partition coefficient (Wildman–Crippen LogP) is 2.50. The summed E-state index contributed by atoms with van der Waals surface area (Å²) < 4.78 is 68.8. The van der Waals surface area contributed by atoms with Gasteiger partial charge in [0.15, 0.2) is 0 Å². The van der Waals surface area contributed by atoms with Crippen LogP contribution < -0.4 is 0 Å². The largest absolute Gasteiger partial charge is 0.465 e. The number of ether oxygens (including phenoxy) is 1. The van der Waals surface area contributed by atoms with Crippen LogP contribution >= 0.6 is 11.3 Å². The number of methoxy groups -OCH3 is 1. The molecule has 22 heavy (non-hydrogen) atoms. The highest BCUT2D eigenvalue weighted by Gasteiger charge is 2.45. The molecule has 1 atom stereocenters. The van der Waals surface area contributed by atoms with Crippen molar-refractivity contribution in [3.63, 3.8) is 0 Å². The third kappa shape index (κ3) is 3.28. The molecule has 124 valence electrons. The van der Waals surface area contributed by atoms with Gasteiger partial charge in [0.1, 0.15) is 9.77 Å². The first-order chi connectivity index (χ1) is 10.2. The lowest BCUT2D eigenvalue weighted by atomic mass is 9.99. The van der Waals surface area contributed by atoms with Crippen molar-refractivity contribution in [1.29, 1.82) is 0 Å². The van der Waals surface area contributed by atoms with Crippen molar-refractivity contribution in [3.8, 4) is 0 Å². The van der Waals surface area contributed by atoms with Crippen molar-refractivity contribution in [3.05, 3.63) is 16.3 Å². The molecule has 0 aromatic carbocycles. The maximum atomic E-state index is 12.8. The first-order valence-electron chi connectivity index (χ1n) is 6.40. The molecule has 0 bridgehead atoms. The Morgan fingerprint density at radius 2 is 2.14 bits per heavy atom. The number of nitrogens with zero attached hydrogens (tertiary/aromatic N) is 1. The fourth-order valence-corrected chi connectivity index (χ4v) is 5.14.